The Kier molecular flexibility index (Phi) is 9.53. The van der Waals surface area contributed by atoms with Crippen LogP contribution in [0.15, 0.2) is 71.1 Å². The van der Waals surface area contributed by atoms with E-state index >= 15 is 0 Å². The summed E-state index contributed by atoms with van der Waals surface area (Å²) in [7, 11) is 3.20. The summed E-state index contributed by atoms with van der Waals surface area (Å²) >= 11 is 6.48. The van der Waals surface area contributed by atoms with Crippen molar-refractivity contribution < 1.29 is 24.0 Å². The van der Waals surface area contributed by atoms with Crippen LogP contribution in [-0.2, 0) is 25.6 Å². The van der Waals surface area contributed by atoms with Gasteiger partial charge in [0.1, 0.15) is 0 Å². The van der Waals surface area contributed by atoms with Crippen LogP contribution in [0.25, 0.3) is 0 Å². The van der Waals surface area contributed by atoms with Crippen LogP contribution in [0.1, 0.15) is 44.7 Å². The van der Waals surface area contributed by atoms with Gasteiger partial charge in [-0.1, -0.05) is 61.8 Å². The van der Waals surface area contributed by atoms with Crippen LogP contribution in [-0.4, -0.2) is 49.1 Å². The monoisotopic (exact) mass is 555 g/mol. The molecule has 0 bridgehead atoms. The van der Waals surface area contributed by atoms with Crippen molar-refractivity contribution in [3.63, 3.8) is 0 Å². The van der Waals surface area contributed by atoms with Crippen LogP contribution >= 0.6 is 11.6 Å². The van der Waals surface area contributed by atoms with Gasteiger partial charge in [-0.05, 0) is 32.5 Å². The number of hydrogen-bond donors (Lipinski definition) is 1. The van der Waals surface area contributed by atoms with Gasteiger partial charge in [-0.2, -0.15) is 0 Å². The third-order valence-corrected chi connectivity index (χ3v) is 6.82. The number of nitrogens with one attached hydrogen (secondary N) is 1. The molecule has 0 aliphatic carbocycles. The molecule has 0 fully saturated rings. The number of allylic oxidation sites excluding steroid dienone is 2. The summed E-state index contributed by atoms with van der Waals surface area (Å²) in [5, 5.41) is 15.0. The second kappa shape index (κ2) is 12.4. The van der Waals surface area contributed by atoms with Crippen LogP contribution < -0.4 is 5.32 Å². The highest BCUT2D eigenvalue weighted by Crippen LogP contribution is 2.45. The highest BCUT2D eigenvalue weighted by Gasteiger charge is 2.42. The van der Waals surface area contributed by atoms with Gasteiger partial charge in [-0.25, -0.2) is 9.59 Å². The number of carbonyl (C=O) groups excluding carboxylic acids is 2. The zero-order chi connectivity index (χ0) is 28.9. The van der Waals surface area contributed by atoms with Crippen LogP contribution in [0.2, 0.25) is 5.02 Å². The summed E-state index contributed by atoms with van der Waals surface area (Å²) < 4.78 is 10.8. The average Bonchev–Trinajstić information content (AvgIpc) is 2.86. The largest absolute Gasteiger partial charge is 0.466 e. The highest BCUT2D eigenvalue weighted by molar-refractivity contribution is 6.32. The zero-order valence-electron chi connectivity index (χ0n) is 23.0. The Balaban J connectivity index is 1.92. The fraction of sp³-hybridized carbons (Fsp3) is 0.379. The molecule has 208 valence electrons. The van der Waals surface area contributed by atoms with Gasteiger partial charge in [-0.15, -0.1) is 0 Å². The molecule has 3 rings (SSSR count). The number of methoxy groups -OCH3 is 1. The molecule has 0 saturated heterocycles. The van der Waals surface area contributed by atoms with Crippen molar-refractivity contribution in [3.8, 4) is 0 Å². The van der Waals surface area contributed by atoms with E-state index in [2.05, 4.69) is 22.3 Å². The lowest BCUT2D eigenvalue weighted by Gasteiger charge is -2.32. The van der Waals surface area contributed by atoms with Gasteiger partial charge >= 0.3 is 11.9 Å². The van der Waals surface area contributed by atoms with E-state index in [-0.39, 0.29) is 34.0 Å². The maximum atomic E-state index is 13.6. The summed E-state index contributed by atoms with van der Waals surface area (Å²) in [4.78, 5) is 40.1. The lowest BCUT2D eigenvalue weighted by molar-refractivity contribution is -0.385. The molecule has 0 saturated carbocycles. The van der Waals surface area contributed by atoms with E-state index < -0.39 is 28.2 Å². The first kappa shape index (κ1) is 29.9. The van der Waals surface area contributed by atoms with Gasteiger partial charge in [0.15, 0.2) is 0 Å². The highest BCUT2D eigenvalue weighted by atomic mass is 35.5. The minimum absolute atomic E-state index is 0.0265. The first-order valence-corrected chi connectivity index (χ1v) is 12.8. The number of ether oxygens (including phenoxy) is 2. The molecule has 1 aliphatic rings. The number of esters is 2. The van der Waals surface area contributed by atoms with Crippen LogP contribution in [0.5, 0.6) is 0 Å². The van der Waals surface area contributed by atoms with E-state index in [0.717, 1.165) is 6.54 Å². The molecule has 1 N–H and O–H groups in total. The Morgan fingerprint density at radius 3 is 2.26 bits per heavy atom. The van der Waals surface area contributed by atoms with Gasteiger partial charge < -0.3 is 19.7 Å². The lowest BCUT2D eigenvalue weighted by Crippen LogP contribution is -2.37. The van der Waals surface area contributed by atoms with Crippen molar-refractivity contribution in [1.82, 2.24) is 10.2 Å². The fourth-order valence-corrected chi connectivity index (χ4v) is 5.25. The molecule has 9 nitrogen and oxygen atoms in total. The van der Waals surface area contributed by atoms with E-state index in [4.69, 9.17) is 21.1 Å². The maximum absolute atomic E-state index is 13.6. The second-order valence-electron chi connectivity index (χ2n) is 10.5. The number of rotatable bonds is 10. The number of carbonyl (C=O) groups is 2. The minimum Gasteiger partial charge on any atom is -0.466 e. The summed E-state index contributed by atoms with van der Waals surface area (Å²) in [5.41, 5.74) is 1.38. The molecule has 1 aliphatic heterocycles. The van der Waals surface area contributed by atoms with E-state index in [1.807, 2.05) is 39.1 Å². The Morgan fingerprint density at radius 1 is 1.05 bits per heavy atom. The Bertz CT molecular complexity index is 1320. The van der Waals surface area contributed by atoms with E-state index in [9.17, 15) is 19.7 Å². The molecule has 0 spiro atoms. The van der Waals surface area contributed by atoms with E-state index in [0.29, 0.717) is 17.9 Å². The number of halogens is 1. The quantitative estimate of drug-likeness (QED) is 0.237. The van der Waals surface area contributed by atoms with Crippen LogP contribution in [0.3, 0.4) is 0 Å². The van der Waals surface area contributed by atoms with Gasteiger partial charge in [0, 0.05) is 36.0 Å². The molecule has 10 heteroatoms. The SMILES string of the molecule is COC(=O)C1=C(C)NC(C)=C(C(=O)OCC(C)(C)CN(C)Cc2ccccc2)C1c1c(Cl)cccc1[N+](=O)[O-]. The second-order valence-corrected chi connectivity index (χ2v) is 10.9. The molecule has 0 aromatic heterocycles. The van der Waals surface area contributed by atoms with Crippen molar-refractivity contribution >= 4 is 29.2 Å². The van der Waals surface area contributed by atoms with Crippen LogP contribution in [0.4, 0.5) is 5.69 Å². The van der Waals surface area contributed by atoms with Crippen molar-refractivity contribution in [2.75, 3.05) is 27.3 Å². The van der Waals surface area contributed by atoms with Gasteiger partial charge in [0.25, 0.3) is 5.69 Å². The maximum Gasteiger partial charge on any atom is 0.336 e. The molecule has 2 aromatic rings. The summed E-state index contributed by atoms with van der Waals surface area (Å²) in [6.07, 6.45) is 0. The van der Waals surface area contributed by atoms with E-state index in [1.165, 1.54) is 30.9 Å². The molecule has 1 unspecified atom stereocenters. The normalized spacial score (nSPS) is 15.7. The first-order valence-electron chi connectivity index (χ1n) is 12.5. The molecule has 0 radical (unpaired) electrons. The molecule has 39 heavy (non-hydrogen) atoms. The lowest BCUT2D eigenvalue weighted by atomic mass is 9.79. The van der Waals surface area contributed by atoms with Crippen molar-refractivity contribution in [2.45, 2.75) is 40.2 Å². The number of benzene rings is 2. The van der Waals surface area contributed by atoms with Gasteiger partial charge in [-0.3, -0.25) is 10.1 Å². The topological polar surface area (TPSA) is 111 Å². The summed E-state index contributed by atoms with van der Waals surface area (Å²) in [5.74, 6) is -2.60. The summed E-state index contributed by atoms with van der Waals surface area (Å²) in [6.45, 7) is 8.72. The number of nitro groups is 1. The molecular weight excluding hydrogens is 522 g/mol. The third kappa shape index (κ3) is 7.04. The first-order chi connectivity index (χ1) is 18.4. The van der Waals surface area contributed by atoms with Crippen molar-refractivity contribution in [3.05, 3.63) is 97.3 Å². The Labute approximate surface area is 233 Å². The van der Waals surface area contributed by atoms with Crippen molar-refractivity contribution in [1.29, 1.82) is 0 Å². The standard InChI is InChI=1S/C29H34ClN3O6/c1-18-23(27(34)38-6)26(25-21(30)13-10-14-22(25)33(36)37)24(19(2)31-18)28(35)39-17-29(3,4)16-32(5)15-20-11-8-7-9-12-20/h7-14,26,31H,15-17H2,1-6H3. The van der Waals surface area contributed by atoms with Crippen LogP contribution in [0, 0.1) is 15.5 Å². The van der Waals surface area contributed by atoms with Gasteiger partial charge in [0.05, 0.1) is 46.3 Å². The van der Waals surface area contributed by atoms with E-state index in [1.54, 1.807) is 13.8 Å². The Morgan fingerprint density at radius 2 is 1.67 bits per heavy atom. The summed E-state index contributed by atoms with van der Waals surface area (Å²) in [6, 6.07) is 14.3. The predicted octanol–water partition coefficient (Wildman–Crippen LogP) is 5.36. The molecular formula is C29H34ClN3O6. The number of nitrogens with zero attached hydrogens (tertiary/aromatic N) is 2. The molecule has 1 heterocycles. The molecule has 2 aromatic carbocycles. The zero-order valence-corrected chi connectivity index (χ0v) is 23.8. The Hall–Kier alpha value is -3.69. The predicted molar refractivity (Wildman–Crippen MR) is 149 cm³/mol. The number of dihydropyridines is 1. The molecule has 1 atom stereocenters. The number of hydrogen-bond acceptors (Lipinski definition) is 8. The van der Waals surface area contributed by atoms with Gasteiger partial charge in [0.2, 0.25) is 0 Å². The van der Waals surface area contributed by atoms with Crippen molar-refractivity contribution in [2.24, 2.45) is 5.41 Å². The third-order valence-electron chi connectivity index (χ3n) is 6.49. The molecule has 0 amide bonds. The smallest absolute Gasteiger partial charge is 0.336 e. The number of nitro benzene ring substituents is 1. The minimum atomic E-state index is -1.16. The fourth-order valence-electron chi connectivity index (χ4n) is 4.97. The average molecular weight is 556 g/mol.